The maximum atomic E-state index is 12.9. The number of amides is 1. The minimum atomic E-state index is -0.188. The van der Waals surface area contributed by atoms with Gasteiger partial charge >= 0.3 is 0 Å². The van der Waals surface area contributed by atoms with Crippen molar-refractivity contribution in [3.8, 4) is 0 Å². The molecule has 0 unspecified atom stereocenters. The molecule has 0 bridgehead atoms. The van der Waals surface area contributed by atoms with Crippen molar-refractivity contribution < 1.29 is 9.18 Å². The van der Waals surface area contributed by atoms with Crippen molar-refractivity contribution in [2.75, 3.05) is 13.1 Å². The van der Waals surface area contributed by atoms with Gasteiger partial charge in [0.25, 0.3) is 0 Å². The number of likely N-dealkylation sites (tertiary alicyclic amines) is 1. The van der Waals surface area contributed by atoms with E-state index in [0.717, 1.165) is 38.8 Å². The van der Waals surface area contributed by atoms with E-state index in [-0.39, 0.29) is 17.1 Å². The van der Waals surface area contributed by atoms with Crippen LogP contribution in [-0.4, -0.2) is 23.9 Å². The molecule has 0 spiro atoms. The zero-order chi connectivity index (χ0) is 27.3. The number of rotatable bonds is 4. The number of carbonyl (C=O) groups is 1. The van der Waals surface area contributed by atoms with Crippen LogP contribution >= 0.6 is 0 Å². The molecule has 3 aromatic rings. The number of piperidine rings is 1. The third kappa shape index (κ3) is 11.8. The zero-order valence-corrected chi connectivity index (χ0v) is 23.8. The Morgan fingerprint density at radius 3 is 1.78 bits per heavy atom. The van der Waals surface area contributed by atoms with E-state index in [0.29, 0.717) is 12.3 Å². The number of aryl methyl sites for hydroxylation is 3. The normalized spacial score (nSPS) is 13.6. The molecule has 0 saturated carbocycles. The van der Waals surface area contributed by atoms with Gasteiger partial charge in [-0.2, -0.15) is 0 Å². The van der Waals surface area contributed by atoms with Gasteiger partial charge in [0.1, 0.15) is 5.82 Å². The van der Waals surface area contributed by atoms with Crippen LogP contribution in [-0.2, 0) is 17.6 Å². The van der Waals surface area contributed by atoms with Crippen molar-refractivity contribution in [2.24, 2.45) is 5.41 Å². The summed E-state index contributed by atoms with van der Waals surface area (Å²) in [6, 6.07) is 25.9. The molecule has 0 atom stereocenters. The molecular weight excluding hydrogens is 457 g/mol. The van der Waals surface area contributed by atoms with E-state index in [4.69, 9.17) is 0 Å². The highest BCUT2D eigenvalue weighted by molar-refractivity contribution is 5.76. The lowest BCUT2D eigenvalue weighted by Gasteiger charge is -2.34. The summed E-state index contributed by atoms with van der Waals surface area (Å²) in [5.74, 6) is 0.524. The van der Waals surface area contributed by atoms with Gasteiger partial charge in [-0.05, 0) is 72.8 Å². The fraction of sp³-hybridized carbons (Fsp3) is 0.441. The zero-order valence-electron chi connectivity index (χ0n) is 23.8. The minimum Gasteiger partial charge on any atom is -0.343 e. The van der Waals surface area contributed by atoms with Gasteiger partial charge in [0.15, 0.2) is 0 Å². The Hall–Kier alpha value is -2.94. The summed E-state index contributed by atoms with van der Waals surface area (Å²) < 4.78 is 12.9. The standard InChI is InChI=1S/C17H24FNO.C9H12.C8H10/c1-17(2,3)12-16(20)19-10-8-14(9-11-19)13-4-6-15(18)7-5-13;1-3-9-6-4-8(2)5-7-9;1-2-8-6-4-3-5-7-8/h4-7,14H,8-12H2,1-3H3;4-7H,3H2,1-2H3;3-7H,2H2,1H3. The van der Waals surface area contributed by atoms with Gasteiger partial charge in [-0.3, -0.25) is 4.79 Å². The molecular formula is C34H46FNO. The predicted octanol–water partition coefficient (Wildman–Crippen LogP) is 8.77. The highest BCUT2D eigenvalue weighted by Crippen LogP contribution is 2.29. The molecule has 37 heavy (non-hydrogen) atoms. The summed E-state index contributed by atoms with van der Waals surface area (Å²) in [4.78, 5) is 14.2. The second kappa shape index (κ2) is 15.3. The average Bonchev–Trinajstić information content (AvgIpc) is 2.90. The van der Waals surface area contributed by atoms with Crippen molar-refractivity contribution in [3.63, 3.8) is 0 Å². The highest BCUT2D eigenvalue weighted by Gasteiger charge is 2.26. The maximum Gasteiger partial charge on any atom is 0.223 e. The monoisotopic (exact) mass is 503 g/mol. The number of halogens is 1. The Morgan fingerprint density at radius 2 is 1.32 bits per heavy atom. The van der Waals surface area contributed by atoms with E-state index in [9.17, 15) is 9.18 Å². The average molecular weight is 504 g/mol. The van der Waals surface area contributed by atoms with Crippen LogP contribution in [0.5, 0.6) is 0 Å². The lowest BCUT2D eigenvalue weighted by molar-refractivity contribution is -0.134. The van der Waals surface area contributed by atoms with Crippen molar-refractivity contribution in [3.05, 3.63) is 107 Å². The highest BCUT2D eigenvalue weighted by atomic mass is 19.1. The van der Waals surface area contributed by atoms with Crippen LogP contribution in [0.15, 0.2) is 78.9 Å². The molecule has 3 heteroatoms. The largest absolute Gasteiger partial charge is 0.343 e. The molecule has 1 amide bonds. The number of carbonyl (C=O) groups excluding carboxylic acids is 1. The van der Waals surface area contributed by atoms with Gasteiger partial charge < -0.3 is 4.90 Å². The van der Waals surface area contributed by atoms with Crippen LogP contribution in [0.3, 0.4) is 0 Å². The summed E-state index contributed by atoms with van der Waals surface area (Å²) >= 11 is 0. The van der Waals surface area contributed by atoms with Gasteiger partial charge in [-0.15, -0.1) is 0 Å². The lowest BCUT2D eigenvalue weighted by atomic mass is 9.88. The summed E-state index contributed by atoms with van der Waals surface area (Å²) in [7, 11) is 0. The smallest absolute Gasteiger partial charge is 0.223 e. The second-order valence-electron chi connectivity index (χ2n) is 11.1. The van der Waals surface area contributed by atoms with E-state index in [1.165, 1.54) is 34.4 Å². The Labute approximate surface area is 224 Å². The van der Waals surface area contributed by atoms with Gasteiger partial charge in [0, 0.05) is 19.5 Å². The third-order valence-electron chi connectivity index (χ3n) is 6.65. The molecule has 1 aliphatic heterocycles. The van der Waals surface area contributed by atoms with Gasteiger partial charge in [-0.1, -0.05) is 107 Å². The molecule has 0 aliphatic carbocycles. The first-order valence-electron chi connectivity index (χ1n) is 13.7. The first-order valence-corrected chi connectivity index (χ1v) is 13.7. The Bertz CT molecular complexity index is 1030. The summed E-state index contributed by atoms with van der Waals surface area (Å²) in [5, 5.41) is 0. The molecule has 200 valence electrons. The summed E-state index contributed by atoms with van der Waals surface area (Å²) in [6.07, 6.45) is 4.83. The summed E-state index contributed by atoms with van der Waals surface area (Å²) in [5.41, 5.74) is 5.40. The SMILES string of the molecule is CC(C)(C)CC(=O)N1CCC(c2ccc(F)cc2)CC1.CCc1ccc(C)cc1.CCc1ccccc1. The fourth-order valence-electron chi connectivity index (χ4n) is 4.30. The van der Waals surface area contributed by atoms with Crippen LogP contribution in [0.1, 0.15) is 82.1 Å². The topological polar surface area (TPSA) is 20.3 Å². The Kier molecular flexibility index (Phi) is 12.6. The van der Waals surface area contributed by atoms with E-state index in [1.54, 1.807) is 0 Å². The maximum absolute atomic E-state index is 12.9. The molecule has 1 fully saturated rings. The van der Waals surface area contributed by atoms with E-state index < -0.39 is 0 Å². The van der Waals surface area contributed by atoms with E-state index in [1.807, 2.05) is 23.1 Å². The van der Waals surface area contributed by atoms with Crippen molar-refractivity contribution in [1.82, 2.24) is 4.90 Å². The van der Waals surface area contributed by atoms with Gasteiger partial charge in [-0.25, -0.2) is 4.39 Å². The number of nitrogens with zero attached hydrogens (tertiary/aromatic N) is 1. The molecule has 1 heterocycles. The molecule has 0 N–H and O–H groups in total. The second-order valence-corrected chi connectivity index (χ2v) is 11.1. The van der Waals surface area contributed by atoms with Crippen molar-refractivity contribution >= 4 is 5.91 Å². The van der Waals surface area contributed by atoms with Crippen LogP contribution in [0, 0.1) is 18.2 Å². The van der Waals surface area contributed by atoms with Crippen LogP contribution in [0.2, 0.25) is 0 Å². The van der Waals surface area contributed by atoms with E-state index in [2.05, 4.69) is 90.1 Å². The van der Waals surface area contributed by atoms with Gasteiger partial charge in [0.05, 0.1) is 0 Å². The van der Waals surface area contributed by atoms with Crippen molar-refractivity contribution in [1.29, 1.82) is 0 Å². The molecule has 1 aliphatic rings. The number of hydrogen-bond acceptors (Lipinski definition) is 1. The molecule has 0 radical (unpaired) electrons. The quantitative estimate of drug-likeness (QED) is 0.348. The Balaban J connectivity index is 0.000000232. The van der Waals surface area contributed by atoms with Crippen LogP contribution in [0.4, 0.5) is 4.39 Å². The minimum absolute atomic E-state index is 0.0465. The summed E-state index contributed by atoms with van der Waals surface area (Å²) in [6.45, 7) is 14.4. The van der Waals surface area contributed by atoms with Crippen LogP contribution in [0.25, 0.3) is 0 Å². The Morgan fingerprint density at radius 1 is 0.811 bits per heavy atom. The predicted molar refractivity (Wildman–Crippen MR) is 155 cm³/mol. The number of benzene rings is 3. The molecule has 4 rings (SSSR count). The fourth-order valence-corrected chi connectivity index (χ4v) is 4.30. The van der Waals surface area contributed by atoms with Crippen LogP contribution < -0.4 is 0 Å². The molecule has 0 aromatic heterocycles. The first kappa shape index (κ1) is 30.3. The first-order chi connectivity index (χ1) is 17.6. The van der Waals surface area contributed by atoms with Gasteiger partial charge in [0.2, 0.25) is 5.91 Å². The number of hydrogen-bond donors (Lipinski definition) is 0. The molecule has 3 aromatic carbocycles. The van der Waals surface area contributed by atoms with Crippen molar-refractivity contribution in [2.45, 2.75) is 79.6 Å². The molecule has 2 nitrogen and oxygen atoms in total. The van der Waals surface area contributed by atoms with E-state index >= 15 is 0 Å². The molecule has 1 saturated heterocycles. The third-order valence-corrected chi connectivity index (χ3v) is 6.65. The lowest BCUT2D eigenvalue weighted by Crippen LogP contribution is -2.39.